The van der Waals surface area contributed by atoms with E-state index in [1.54, 1.807) is 11.3 Å². The average Bonchev–Trinajstić information content (AvgIpc) is 2.72. The molecule has 0 fully saturated rings. The molecule has 2 nitrogen and oxygen atoms in total. The van der Waals surface area contributed by atoms with Crippen LogP contribution < -0.4 is 0 Å². The van der Waals surface area contributed by atoms with E-state index in [-0.39, 0.29) is 12.5 Å². The molecule has 1 N–H and O–H groups in total. The number of aliphatic hydroxyl groups excluding tert-OH is 1. The Kier molecular flexibility index (Phi) is 4.31. The number of benzene rings is 1. The van der Waals surface area contributed by atoms with Gasteiger partial charge in [-0.2, -0.15) is 0 Å². The summed E-state index contributed by atoms with van der Waals surface area (Å²) in [7, 11) is 0. The number of nitrogens with zero attached hydrogens (tertiary/aromatic N) is 1. The number of aryl methyl sites for hydroxylation is 1. The molecule has 0 amide bonds. The molecular weight excluding hydrogens is 298 g/mol. The molecule has 4 heteroatoms. The van der Waals surface area contributed by atoms with Crippen LogP contribution in [-0.2, 0) is 6.42 Å². The highest BCUT2D eigenvalue weighted by atomic mass is 79.9. The fourth-order valence-corrected chi connectivity index (χ4v) is 3.03. The van der Waals surface area contributed by atoms with Gasteiger partial charge in [0.05, 0.1) is 11.6 Å². The maximum Gasteiger partial charge on any atom is 0.0935 e. The molecular formula is C13H14BrNOS. The Morgan fingerprint density at radius 2 is 2.29 bits per heavy atom. The molecule has 1 heterocycles. The number of thiazole rings is 1. The number of hydrogen-bond donors (Lipinski definition) is 1. The molecule has 0 spiro atoms. The summed E-state index contributed by atoms with van der Waals surface area (Å²) in [6.07, 6.45) is 0.797. The Bertz CT molecular complexity index is 498. The molecule has 0 radical (unpaired) electrons. The molecule has 2 rings (SSSR count). The standard InChI is InChI=1S/C13H14BrNOS/c1-9-8-17-13(15-9)6-11(7-16)10-3-2-4-12(14)5-10/h2-5,8,11,16H,6-7H2,1H3. The van der Waals surface area contributed by atoms with Gasteiger partial charge in [0, 0.05) is 27.9 Å². The molecule has 0 aliphatic rings. The zero-order valence-corrected chi connectivity index (χ0v) is 12.0. The van der Waals surface area contributed by atoms with Crippen molar-refractivity contribution in [2.75, 3.05) is 6.61 Å². The molecule has 1 aromatic carbocycles. The van der Waals surface area contributed by atoms with E-state index in [4.69, 9.17) is 0 Å². The normalized spacial score (nSPS) is 12.6. The molecule has 0 aliphatic heterocycles. The molecule has 2 aromatic rings. The van der Waals surface area contributed by atoms with Crippen molar-refractivity contribution in [2.45, 2.75) is 19.3 Å². The first-order chi connectivity index (χ1) is 8.19. The molecule has 1 atom stereocenters. The van der Waals surface area contributed by atoms with Gasteiger partial charge in [-0.25, -0.2) is 4.98 Å². The first-order valence-corrected chi connectivity index (χ1v) is 7.13. The van der Waals surface area contributed by atoms with Gasteiger partial charge in [-0.15, -0.1) is 11.3 Å². The van der Waals surface area contributed by atoms with Crippen molar-refractivity contribution in [1.82, 2.24) is 4.98 Å². The fourth-order valence-electron chi connectivity index (χ4n) is 1.76. The third-order valence-corrected chi connectivity index (χ3v) is 4.11. The van der Waals surface area contributed by atoms with Crippen molar-refractivity contribution in [3.8, 4) is 0 Å². The lowest BCUT2D eigenvalue weighted by atomic mass is 9.97. The second-order valence-corrected chi connectivity index (χ2v) is 5.88. The van der Waals surface area contributed by atoms with Gasteiger partial charge in [0.25, 0.3) is 0 Å². The fraction of sp³-hybridized carbons (Fsp3) is 0.308. The van der Waals surface area contributed by atoms with Gasteiger partial charge < -0.3 is 5.11 Å². The quantitative estimate of drug-likeness (QED) is 0.937. The van der Waals surface area contributed by atoms with Crippen LogP contribution in [0, 0.1) is 6.92 Å². The number of aliphatic hydroxyl groups is 1. The van der Waals surface area contributed by atoms with Gasteiger partial charge in [-0.1, -0.05) is 28.1 Å². The summed E-state index contributed by atoms with van der Waals surface area (Å²) in [4.78, 5) is 4.44. The number of hydrogen-bond acceptors (Lipinski definition) is 3. The van der Waals surface area contributed by atoms with Crippen molar-refractivity contribution < 1.29 is 5.11 Å². The van der Waals surface area contributed by atoms with Crippen molar-refractivity contribution in [1.29, 1.82) is 0 Å². The van der Waals surface area contributed by atoms with Gasteiger partial charge in [0.1, 0.15) is 0 Å². The van der Waals surface area contributed by atoms with Crippen LogP contribution in [0.2, 0.25) is 0 Å². The van der Waals surface area contributed by atoms with E-state index in [0.29, 0.717) is 0 Å². The SMILES string of the molecule is Cc1csc(CC(CO)c2cccc(Br)c2)n1. The van der Waals surface area contributed by atoms with Crippen molar-refractivity contribution in [3.63, 3.8) is 0 Å². The van der Waals surface area contributed by atoms with E-state index in [1.807, 2.05) is 30.5 Å². The highest BCUT2D eigenvalue weighted by molar-refractivity contribution is 9.10. The molecule has 0 aliphatic carbocycles. The van der Waals surface area contributed by atoms with E-state index in [0.717, 1.165) is 27.2 Å². The van der Waals surface area contributed by atoms with Crippen molar-refractivity contribution >= 4 is 27.3 Å². The molecule has 0 saturated heterocycles. The molecule has 90 valence electrons. The predicted octanol–water partition coefficient (Wildman–Crippen LogP) is 3.53. The van der Waals surface area contributed by atoms with Crippen LogP contribution in [0.25, 0.3) is 0 Å². The van der Waals surface area contributed by atoms with Crippen molar-refractivity contribution in [3.05, 3.63) is 50.4 Å². The Morgan fingerprint density at radius 1 is 1.47 bits per heavy atom. The first-order valence-electron chi connectivity index (χ1n) is 5.46. The Balaban J connectivity index is 2.16. The summed E-state index contributed by atoms with van der Waals surface area (Å²) in [5.41, 5.74) is 2.20. The monoisotopic (exact) mass is 311 g/mol. The maximum atomic E-state index is 9.50. The third-order valence-electron chi connectivity index (χ3n) is 2.63. The van der Waals surface area contributed by atoms with E-state index in [9.17, 15) is 5.11 Å². The van der Waals surface area contributed by atoms with Crippen LogP contribution in [0.15, 0.2) is 34.1 Å². The van der Waals surface area contributed by atoms with Crippen molar-refractivity contribution in [2.24, 2.45) is 0 Å². The van der Waals surface area contributed by atoms with Crippen LogP contribution in [0.1, 0.15) is 22.2 Å². The minimum Gasteiger partial charge on any atom is -0.396 e. The largest absolute Gasteiger partial charge is 0.396 e. The summed E-state index contributed by atoms with van der Waals surface area (Å²) < 4.78 is 1.05. The number of halogens is 1. The lowest BCUT2D eigenvalue weighted by Crippen LogP contribution is -2.07. The average molecular weight is 312 g/mol. The molecule has 0 bridgehead atoms. The van der Waals surface area contributed by atoms with Gasteiger partial charge in [-0.3, -0.25) is 0 Å². The van der Waals surface area contributed by atoms with Crippen LogP contribution in [0.5, 0.6) is 0 Å². The van der Waals surface area contributed by atoms with Gasteiger partial charge in [0.15, 0.2) is 0 Å². The van der Waals surface area contributed by atoms with Crippen LogP contribution in [-0.4, -0.2) is 16.7 Å². The zero-order valence-electron chi connectivity index (χ0n) is 9.56. The Labute approximate surface area is 113 Å². The molecule has 0 saturated carbocycles. The topological polar surface area (TPSA) is 33.1 Å². The van der Waals surface area contributed by atoms with Crippen LogP contribution in [0.4, 0.5) is 0 Å². The lowest BCUT2D eigenvalue weighted by Gasteiger charge is -2.13. The van der Waals surface area contributed by atoms with Crippen LogP contribution in [0.3, 0.4) is 0 Å². The second-order valence-electron chi connectivity index (χ2n) is 4.02. The van der Waals surface area contributed by atoms with Crippen LogP contribution >= 0.6 is 27.3 Å². The molecule has 17 heavy (non-hydrogen) atoms. The summed E-state index contributed by atoms with van der Waals surface area (Å²) in [6, 6.07) is 8.09. The Hall–Kier alpha value is -0.710. The first kappa shape index (κ1) is 12.7. The number of rotatable bonds is 4. The highest BCUT2D eigenvalue weighted by Crippen LogP contribution is 2.24. The second kappa shape index (κ2) is 5.76. The minimum atomic E-state index is 0.123. The third kappa shape index (κ3) is 3.37. The summed E-state index contributed by atoms with van der Waals surface area (Å²) in [5, 5.41) is 12.6. The van der Waals surface area contributed by atoms with E-state index in [2.05, 4.69) is 27.0 Å². The van der Waals surface area contributed by atoms with E-state index >= 15 is 0 Å². The predicted molar refractivity (Wildman–Crippen MR) is 74.5 cm³/mol. The Morgan fingerprint density at radius 3 is 2.88 bits per heavy atom. The summed E-state index contributed by atoms with van der Waals surface area (Å²) in [5.74, 6) is 0.123. The van der Waals surface area contributed by atoms with E-state index < -0.39 is 0 Å². The van der Waals surface area contributed by atoms with Gasteiger partial charge in [0.2, 0.25) is 0 Å². The highest BCUT2D eigenvalue weighted by Gasteiger charge is 2.13. The summed E-state index contributed by atoms with van der Waals surface area (Å²) >= 11 is 5.11. The summed E-state index contributed by atoms with van der Waals surface area (Å²) in [6.45, 7) is 2.14. The smallest absolute Gasteiger partial charge is 0.0935 e. The zero-order chi connectivity index (χ0) is 12.3. The van der Waals surface area contributed by atoms with Gasteiger partial charge >= 0.3 is 0 Å². The molecule has 1 aromatic heterocycles. The van der Waals surface area contributed by atoms with Gasteiger partial charge in [-0.05, 0) is 24.6 Å². The van der Waals surface area contributed by atoms with E-state index in [1.165, 1.54) is 0 Å². The number of aromatic nitrogens is 1. The minimum absolute atomic E-state index is 0.123. The molecule has 1 unspecified atom stereocenters. The lowest BCUT2D eigenvalue weighted by molar-refractivity contribution is 0.264. The maximum absolute atomic E-state index is 9.50.